The highest BCUT2D eigenvalue weighted by Crippen LogP contribution is 2.35. The molecular weight excluding hydrogens is 522 g/mol. The number of anilines is 1. The number of hydrogen-bond donors (Lipinski definition) is 3. The molecule has 0 fully saturated rings. The second-order valence-electron chi connectivity index (χ2n) is 10.4. The number of fused-ring (bicyclic) bond motifs is 2. The maximum atomic E-state index is 13.6. The number of ether oxygens (including phenoxy) is 1. The summed E-state index contributed by atoms with van der Waals surface area (Å²) in [6.45, 7) is 5.46. The lowest BCUT2D eigenvalue weighted by molar-refractivity contribution is -0.122. The smallest absolute Gasteiger partial charge is 0.262 e. The van der Waals surface area contributed by atoms with E-state index in [-0.39, 0.29) is 18.4 Å². The van der Waals surface area contributed by atoms with Gasteiger partial charge in [-0.05, 0) is 40.1 Å². The van der Waals surface area contributed by atoms with Crippen molar-refractivity contribution < 1.29 is 18.3 Å². The Kier molecular flexibility index (Phi) is 8.79. The van der Waals surface area contributed by atoms with Gasteiger partial charge in [-0.1, -0.05) is 86.6 Å². The predicted molar refractivity (Wildman–Crippen MR) is 160 cm³/mol. The van der Waals surface area contributed by atoms with Gasteiger partial charge in [0.1, 0.15) is 5.75 Å². The zero-order valence-corrected chi connectivity index (χ0v) is 23.6. The van der Waals surface area contributed by atoms with Crippen LogP contribution in [0.5, 0.6) is 5.75 Å². The standard InChI is InChI=1S/C32H35N3O4S/c1-22(2)33-21-23-12-15-28-29(16-17-39-31(28)18-23)34-32(36)20-30(25-9-4-3-5-10-25)35(40(37)38)27-14-13-24-8-6-7-11-26(24)19-27/h3-15,18-19,22,29-30,33H,16-17,20-21H2,1-2H3,(H,34,36)(H,37,38). The summed E-state index contributed by atoms with van der Waals surface area (Å²) in [5, 5.41) is 8.58. The van der Waals surface area contributed by atoms with E-state index >= 15 is 0 Å². The number of nitrogens with zero attached hydrogens (tertiary/aromatic N) is 1. The molecule has 40 heavy (non-hydrogen) atoms. The van der Waals surface area contributed by atoms with Gasteiger partial charge in [-0.25, -0.2) is 4.21 Å². The molecule has 208 valence electrons. The average Bonchev–Trinajstić information content (AvgIpc) is 2.96. The van der Waals surface area contributed by atoms with Gasteiger partial charge in [-0.15, -0.1) is 0 Å². The summed E-state index contributed by atoms with van der Waals surface area (Å²) in [7, 11) is 0. The Bertz CT molecular complexity index is 1490. The quantitative estimate of drug-likeness (QED) is 0.207. The van der Waals surface area contributed by atoms with Crippen LogP contribution < -0.4 is 19.7 Å². The summed E-state index contributed by atoms with van der Waals surface area (Å²) in [5.74, 6) is 0.585. The van der Waals surface area contributed by atoms with Gasteiger partial charge >= 0.3 is 0 Å². The number of hydrogen-bond acceptors (Lipinski definition) is 4. The zero-order chi connectivity index (χ0) is 28.1. The topological polar surface area (TPSA) is 90.9 Å². The molecule has 5 rings (SSSR count). The molecule has 0 saturated carbocycles. The van der Waals surface area contributed by atoms with E-state index in [1.165, 1.54) is 4.31 Å². The van der Waals surface area contributed by atoms with Gasteiger partial charge in [0, 0.05) is 24.6 Å². The van der Waals surface area contributed by atoms with Crippen molar-refractivity contribution in [3.8, 4) is 5.75 Å². The van der Waals surface area contributed by atoms with E-state index in [2.05, 4.69) is 30.5 Å². The number of carbonyl (C=O) groups excluding carboxylic acids is 1. The van der Waals surface area contributed by atoms with Crippen molar-refractivity contribution >= 4 is 33.6 Å². The van der Waals surface area contributed by atoms with Crippen LogP contribution in [0.25, 0.3) is 10.8 Å². The summed E-state index contributed by atoms with van der Waals surface area (Å²) in [6.07, 6.45) is 0.658. The van der Waals surface area contributed by atoms with Crippen LogP contribution in [-0.2, 0) is 22.6 Å². The Morgan fingerprint density at radius 1 is 1.00 bits per heavy atom. The summed E-state index contributed by atoms with van der Waals surface area (Å²) in [6, 6.07) is 28.5. The first kappa shape index (κ1) is 27.8. The van der Waals surface area contributed by atoms with Crippen molar-refractivity contribution in [3.63, 3.8) is 0 Å². The lowest BCUT2D eigenvalue weighted by Crippen LogP contribution is -2.37. The lowest BCUT2D eigenvalue weighted by Gasteiger charge is -2.32. The molecule has 0 radical (unpaired) electrons. The first-order valence-electron chi connectivity index (χ1n) is 13.6. The molecule has 4 aromatic rings. The number of rotatable bonds is 10. The molecule has 7 nitrogen and oxygen atoms in total. The Balaban J connectivity index is 1.39. The van der Waals surface area contributed by atoms with Gasteiger partial charge in [0.2, 0.25) is 5.91 Å². The third-order valence-electron chi connectivity index (χ3n) is 7.17. The van der Waals surface area contributed by atoms with Gasteiger partial charge in [-0.3, -0.25) is 13.7 Å². The summed E-state index contributed by atoms with van der Waals surface area (Å²) in [4.78, 5) is 13.6. The largest absolute Gasteiger partial charge is 0.493 e. The van der Waals surface area contributed by atoms with Gasteiger partial charge in [-0.2, -0.15) is 0 Å². The summed E-state index contributed by atoms with van der Waals surface area (Å²) < 4.78 is 30.6. The first-order valence-corrected chi connectivity index (χ1v) is 14.7. The van der Waals surface area contributed by atoms with Crippen molar-refractivity contribution in [1.82, 2.24) is 10.6 Å². The number of nitrogens with one attached hydrogen (secondary N) is 2. The minimum absolute atomic E-state index is 0.00617. The van der Waals surface area contributed by atoms with Crippen LogP contribution in [0.2, 0.25) is 0 Å². The molecule has 1 heterocycles. The van der Waals surface area contributed by atoms with Crippen LogP contribution in [0.4, 0.5) is 5.69 Å². The second kappa shape index (κ2) is 12.6. The highest BCUT2D eigenvalue weighted by atomic mass is 32.2. The Morgan fingerprint density at radius 3 is 2.50 bits per heavy atom. The van der Waals surface area contributed by atoms with E-state index in [0.717, 1.165) is 39.8 Å². The fourth-order valence-electron chi connectivity index (χ4n) is 5.15. The molecule has 3 N–H and O–H groups in total. The van der Waals surface area contributed by atoms with Crippen LogP contribution in [0.15, 0.2) is 91.0 Å². The van der Waals surface area contributed by atoms with E-state index in [1.807, 2.05) is 84.9 Å². The van der Waals surface area contributed by atoms with Crippen molar-refractivity contribution in [1.29, 1.82) is 0 Å². The van der Waals surface area contributed by atoms with Crippen LogP contribution in [-0.4, -0.2) is 27.3 Å². The first-order chi connectivity index (χ1) is 19.4. The molecule has 8 heteroatoms. The maximum Gasteiger partial charge on any atom is 0.262 e. The minimum atomic E-state index is -2.37. The molecule has 0 aromatic heterocycles. The molecule has 3 atom stereocenters. The molecule has 0 spiro atoms. The molecule has 0 bridgehead atoms. The van der Waals surface area contributed by atoms with Gasteiger partial charge in [0.15, 0.2) is 0 Å². The molecule has 1 aliphatic heterocycles. The highest BCUT2D eigenvalue weighted by molar-refractivity contribution is 7.80. The van der Waals surface area contributed by atoms with E-state index in [1.54, 1.807) is 0 Å². The lowest BCUT2D eigenvalue weighted by atomic mass is 9.97. The molecule has 1 aliphatic rings. The number of benzene rings is 4. The highest BCUT2D eigenvalue weighted by Gasteiger charge is 2.30. The van der Waals surface area contributed by atoms with E-state index in [9.17, 15) is 13.6 Å². The Hall–Kier alpha value is -3.72. The SMILES string of the molecule is CC(C)NCc1ccc2c(c1)OCCC2NC(=O)CC(c1ccccc1)N(c1ccc2ccccc2c1)S(=O)O. The summed E-state index contributed by atoms with van der Waals surface area (Å²) in [5.41, 5.74) is 3.42. The van der Waals surface area contributed by atoms with Crippen molar-refractivity contribution in [3.05, 3.63) is 108 Å². The Labute approximate surface area is 238 Å². The number of carbonyl (C=O) groups is 1. The minimum Gasteiger partial charge on any atom is -0.493 e. The normalized spacial score (nSPS) is 16.1. The van der Waals surface area contributed by atoms with Crippen molar-refractivity contribution in [2.24, 2.45) is 0 Å². The average molecular weight is 558 g/mol. The third-order valence-corrected chi connectivity index (χ3v) is 7.97. The number of amides is 1. The second-order valence-corrected chi connectivity index (χ2v) is 11.2. The monoisotopic (exact) mass is 557 g/mol. The van der Waals surface area contributed by atoms with Crippen LogP contribution in [0.1, 0.15) is 55.5 Å². The van der Waals surface area contributed by atoms with E-state index in [4.69, 9.17) is 4.74 Å². The maximum absolute atomic E-state index is 13.6. The van der Waals surface area contributed by atoms with Crippen molar-refractivity contribution in [2.45, 2.75) is 51.4 Å². The van der Waals surface area contributed by atoms with Crippen molar-refractivity contribution in [2.75, 3.05) is 10.9 Å². The predicted octanol–water partition coefficient (Wildman–Crippen LogP) is 6.05. The summed E-state index contributed by atoms with van der Waals surface area (Å²) >= 11 is -2.37. The van der Waals surface area contributed by atoms with E-state index in [0.29, 0.717) is 24.8 Å². The fraction of sp³-hybridized carbons (Fsp3) is 0.281. The Morgan fingerprint density at radius 2 is 1.75 bits per heavy atom. The van der Waals surface area contributed by atoms with Gasteiger partial charge < -0.3 is 15.4 Å². The van der Waals surface area contributed by atoms with Crippen LogP contribution in [0.3, 0.4) is 0 Å². The fourth-order valence-corrected chi connectivity index (χ4v) is 5.86. The molecule has 0 aliphatic carbocycles. The third kappa shape index (κ3) is 6.53. The molecular formula is C32H35N3O4S. The molecule has 4 aromatic carbocycles. The zero-order valence-electron chi connectivity index (χ0n) is 22.7. The molecule has 1 amide bonds. The van der Waals surface area contributed by atoms with Crippen LogP contribution >= 0.6 is 0 Å². The molecule has 3 unspecified atom stereocenters. The molecule has 0 saturated heterocycles. The van der Waals surface area contributed by atoms with Crippen LogP contribution in [0, 0.1) is 0 Å². The van der Waals surface area contributed by atoms with Gasteiger partial charge in [0.25, 0.3) is 11.3 Å². The van der Waals surface area contributed by atoms with E-state index < -0.39 is 17.3 Å². The van der Waals surface area contributed by atoms with Gasteiger partial charge in [0.05, 0.1) is 30.8 Å².